The van der Waals surface area contributed by atoms with Crippen molar-refractivity contribution in [3.8, 4) is 6.07 Å². The molecular weight excluding hydrogens is 414 g/mol. The van der Waals surface area contributed by atoms with Crippen LogP contribution in [0, 0.1) is 11.3 Å². The van der Waals surface area contributed by atoms with E-state index in [1.54, 1.807) is 11.4 Å². The number of ether oxygens (including phenoxy) is 1. The lowest BCUT2D eigenvalue weighted by atomic mass is 10.2. The summed E-state index contributed by atoms with van der Waals surface area (Å²) in [5, 5.41) is 13.1. The van der Waals surface area contributed by atoms with Gasteiger partial charge in [0, 0.05) is 12.2 Å². The lowest BCUT2D eigenvalue weighted by molar-refractivity contribution is -0.147. The lowest BCUT2D eigenvalue weighted by Crippen LogP contribution is -2.27. The van der Waals surface area contributed by atoms with Gasteiger partial charge in [-0.3, -0.25) is 9.59 Å². The number of nitrogens with zero attached hydrogens (tertiary/aromatic N) is 1. The number of thiophene rings is 1. The maximum Gasteiger partial charge on any atom is 0.307 e. The summed E-state index contributed by atoms with van der Waals surface area (Å²) in [5.74, 6) is -1.32. The minimum atomic E-state index is -3.65. The fourth-order valence-corrected chi connectivity index (χ4v) is 4.17. The van der Waals surface area contributed by atoms with E-state index in [-0.39, 0.29) is 27.8 Å². The third kappa shape index (κ3) is 6.33. The monoisotopic (exact) mass is 427 g/mol. The smallest absolute Gasteiger partial charge is 0.307 e. The molecule has 11 heteroatoms. The average Bonchev–Trinajstić information content (AvgIpc) is 3.16. The number of amides is 1. The number of benzene rings is 1. The fraction of sp³-hybridized carbons (Fsp3) is 0.188. The van der Waals surface area contributed by atoms with Crippen LogP contribution in [0.5, 0.6) is 0 Å². The summed E-state index contributed by atoms with van der Waals surface area (Å²) in [6.45, 7) is -0.681. The average molecular weight is 428 g/mol. The Morgan fingerprint density at radius 3 is 2.70 bits per heavy atom. The zero-order chi connectivity index (χ0) is 19.9. The van der Waals surface area contributed by atoms with Crippen LogP contribution in [0.25, 0.3) is 0 Å². The van der Waals surface area contributed by atoms with Crippen molar-refractivity contribution < 1.29 is 22.7 Å². The maximum atomic E-state index is 11.9. The third-order valence-electron chi connectivity index (χ3n) is 3.12. The Kier molecular flexibility index (Phi) is 7.32. The standard InChI is InChI=1S/C16H14ClN3O5S2/c17-13-8-12(4-3-11(13)9-18)20-14(21)10-25-15(22)5-6-19-27(23,24)16-2-1-7-26-16/h1-4,7-8,19H,5-6,10H2,(H,20,21). The first-order valence-electron chi connectivity index (χ1n) is 7.50. The Balaban J connectivity index is 1.73. The molecule has 1 amide bonds. The number of carbonyl (C=O) groups is 2. The number of carbonyl (C=O) groups excluding carboxylic acids is 2. The predicted octanol–water partition coefficient (Wildman–Crippen LogP) is 2.12. The highest BCUT2D eigenvalue weighted by molar-refractivity contribution is 7.91. The third-order valence-corrected chi connectivity index (χ3v) is 6.29. The van der Waals surface area contributed by atoms with Gasteiger partial charge in [0.1, 0.15) is 10.3 Å². The van der Waals surface area contributed by atoms with E-state index in [4.69, 9.17) is 21.6 Å². The molecule has 0 aliphatic rings. The van der Waals surface area contributed by atoms with Crippen LogP contribution >= 0.6 is 22.9 Å². The molecule has 0 fully saturated rings. The van der Waals surface area contributed by atoms with Gasteiger partial charge in [0.15, 0.2) is 6.61 Å². The van der Waals surface area contributed by atoms with E-state index in [1.807, 2.05) is 6.07 Å². The number of hydrogen-bond donors (Lipinski definition) is 2. The molecule has 0 spiro atoms. The second-order valence-electron chi connectivity index (χ2n) is 5.10. The molecule has 0 aliphatic carbocycles. The second kappa shape index (κ2) is 9.48. The molecule has 0 aliphatic heterocycles. The predicted molar refractivity (Wildman–Crippen MR) is 99.9 cm³/mol. The van der Waals surface area contributed by atoms with Crippen LogP contribution in [0.15, 0.2) is 39.9 Å². The Morgan fingerprint density at radius 1 is 1.30 bits per heavy atom. The Labute approximate surface area is 164 Å². The first-order chi connectivity index (χ1) is 12.8. The summed E-state index contributed by atoms with van der Waals surface area (Å²) in [6.07, 6.45) is -0.222. The molecule has 27 heavy (non-hydrogen) atoms. The Morgan fingerprint density at radius 2 is 2.07 bits per heavy atom. The van der Waals surface area contributed by atoms with E-state index in [0.717, 1.165) is 11.3 Å². The van der Waals surface area contributed by atoms with Crippen LogP contribution in [0.3, 0.4) is 0 Å². The van der Waals surface area contributed by atoms with E-state index < -0.39 is 28.5 Å². The molecule has 0 atom stereocenters. The molecule has 1 aromatic carbocycles. The molecule has 142 valence electrons. The van der Waals surface area contributed by atoms with Gasteiger partial charge >= 0.3 is 5.97 Å². The highest BCUT2D eigenvalue weighted by Crippen LogP contribution is 2.20. The molecule has 1 heterocycles. The zero-order valence-electron chi connectivity index (χ0n) is 13.8. The number of sulfonamides is 1. The summed E-state index contributed by atoms with van der Waals surface area (Å²) < 4.78 is 31.0. The minimum absolute atomic E-state index is 0.147. The largest absolute Gasteiger partial charge is 0.456 e. The lowest BCUT2D eigenvalue weighted by Gasteiger charge is -2.08. The van der Waals surface area contributed by atoms with Crippen LogP contribution in [0.4, 0.5) is 5.69 Å². The number of anilines is 1. The van der Waals surface area contributed by atoms with E-state index in [1.165, 1.54) is 24.3 Å². The molecule has 2 N–H and O–H groups in total. The first kappa shape index (κ1) is 20.9. The Bertz CT molecular complexity index is 968. The molecule has 0 unspecified atom stereocenters. The number of hydrogen-bond acceptors (Lipinski definition) is 7. The molecule has 0 saturated carbocycles. The number of nitrogens with one attached hydrogen (secondary N) is 2. The van der Waals surface area contributed by atoms with E-state index in [2.05, 4.69) is 10.0 Å². The first-order valence-corrected chi connectivity index (χ1v) is 10.2. The van der Waals surface area contributed by atoms with Crippen LogP contribution in [-0.2, 0) is 24.3 Å². The molecule has 0 bridgehead atoms. The van der Waals surface area contributed by atoms with Crippen molar-refractivity contribution in [2.75, 3.05) is 18.5 Å². The number of halogens is 1. The van der Waals surface area contributed by atoms with Gasteiger partial charge in [0.05, 0.1) is 17.0 Å². The van der Waals surface area contributed by atoms with Crippen molar-refractivity contribution >= 4 is 50.5 Å². The van der Waals surface area contributed by atoms with Crippen molar-refractivity contribution in [1.29, 1.82) is 5.26 Å². The normalized spacial score (nSPS) is 10.8. The molecular formula is C16H14ClN3O5S2. The van der Waals surface area contributed by atoms with Crippen LogP contribution in [0.1, 0.15) is 12.0 Å². The topological polar surface area (TPSA) is 125 Å². The summed E-state index contributed by atoms with van der Waals surface area (Å²) in [6, 6.07) is 9.29. The molecule has 1 aromatic heterocycles. The highest BCUT2D eigenvalue weighted by Gasteiger charge is 2.15. The summed E-state index contributed by atoms with van der Waals surface area (Å²) >= 11 is 6.92. The molecule has 0 saturated heterocycles. The maximum absolute atomic E-state index is 11.9. The zero-order valence-corrected chi connectivity index (χ0v) is 16.2. The molecule has 0 radical (unpaired) electrons. The van der Waals surface area contributed by atoms with Crippen molar-refractivity contribution in [3.63, 3.8) is 0 Å². The van der Waals surface area contributed by atoms with Gasteiger partial charge < -0.3 is 10.1 Å². The molecule has 8 nitrogen and oxygen atoms in total. The van der Waals surface area contributed by atoms with Gasteiger partial charge in [-0.25, -0.2) is 13.1 Å². The summed E-state index contributed by atoms with van der Waals surface area (Å²) in [5.41, 5.74) is 0.620. The van der Waals surface area contributed by atoms with Gasteiger partial charge in [-0.05, 0) is 29.6 Å². The van der Waals surface area contributed by atoms with E-state index in [9.17, 15) is 18.0 Å². The van der Waals surface area contributed by atoms with Crippen molar-refractivity contribution in [1.82, 2.24) is 4.72 Å². The Hall–Kier alpha value is -2.45. The van der Waals surface area contributed by atoms with Gasteiger partial charge in [0.2, 0.25) is 10.0 Å². The summed E-state index contributed by atoms with van der Waals surface area (Å²) in [4.78, 5) is 23.4. The van der Waals surface area contributed by atoms with E-state index >= 15 is 0 Å². The van der Waals surface area contributed by atoms with Crippen molar-refractivity contribution in [2.45, 2.75) is 10.6 Å². The fourth-order valence-electron chi connectivity index (χ4n) is 1.87. The summed E-state index contributed by atoms with van der Waals surface area (Å²) in [7, 11) is -3.65. The van der Waals surface area contributed by atoms with Crippen molar-refractivity contribution in [2.24, 2.45) is 0 Å². The van der Waals surface area contributed by atoms with Crippen molar-refractivity contribution in [3.05, 3.63) is 46.3 Å². The van der Waals surface area contributed by atoms with Gasteiger partial charge in [-0.2, -0.15) is 5.26 Å². The van der Waals surface area contributed by atoms with E-state index in [0.29, 0.717) is 5.69 Å². The second-order valence-corrected chi connectivity index (χ2v) is 8.44. The quantitative estimate of drug-likeness (QED) is 0.621. The van der Waals surface area contributed by atoms with Gasteiger partial charge in [-0.1, -0.05) is 17.7 Å². The van der Waals surface area contributed by atoms with Crippen LogP contribution < -0.4 is 10.0 Å². The number of rotatable bonds is 8. The number of nitriles is 1. The molecule has 2 rings (SSSR count). The van der Waals surface area contributed by atoms with Gasteiger partial charge in [-0.15, -0.1) is 11.3 Å². The highest BCUT2D eigenvalue weighted by atomic mass is 35.5. The SMILES string of the molecule is N#Cc1ccc(NC(=O)COC(=O)CCNS(=O)(=O)c2cccs2)cc1Cl. The van der Waals surface area contributed by atoms with Crippen LogP contribution in [0.2, 0.25) is 5.02 Å². The minimum Gasteiger partial charge on any atom is -0.456 e. The number of esters is 1. The molecule has 2 aromatic rings. The van der Waals surface area contributed by atoms with Gasteiger partial charge in [0.25, 0.3) is 5.91 Å². The van der Waals surface area contributed by atoms with Crippen LogP contribution in [-0.4, -0.2) is 33.4 Å².